The van der Waals surface area contributed by atoms with Crippen molar-refractivity contribution in [3.63, 3.8) is 0 Å². The summed E-state index contributed by atoms with van der Waals surface area (Å²) < 4.78 is 16.7. The van der Waals surface area contributed by atoms with Gasteiger partial charge in [-0.25, -0.2) is 0 Å². The van der Waals surface area contributed by atoms with Gasteiger partial charge in [-0.3, -0.25) is 0 Å². The molecule has 1 aromatic carbocycles. The van der Waals surface area contributed by atoms with E-state index in [2.05, 4.69) is 0 Å². The van der Waals surface area contributed by atoms with Gasteiger partial charge in [-0.1, -0.05) is 6.42 Å². The third kappa shape index (κ3) is 2.25. The molecule has 18 heavy (non-hydrogen) atoms. The lowest BCUT2D eigenvalue weighted by molar-refractivity contribution is 0.172. The van der Waals surface area contributed by atoms with Gasteiger partial charge in [0.05, 0.1) is 6.61 Å². The van der Waals surface area contributed by atoms with Crippen molar-refractivity contribution in [1.82, 2.24) is 0 Å². The highest BCUT2D eigenvalue weighted by Gasteiger charge is 2.21. The molecule has 0 saturated heterocycles. The Hall–Kier alpha value is -1.42. The fraction of sp³-hybridized carbons (Fsp3) is 0.571. The summed E-state index contributed by atoms with van der Waals surface area (Å²) in [5.41, 5.74) is 6.75. The molecule has 0 spiro atoms. The number of ether oxygens (including phenoxy) is 3. The summed E-state index contributed by atoms with van der Waals surface area (Å²) in [6.07, 6.45) is 4.72. The van der Waals surface area contributed by atoms with Crippen molar-refractivity contribution < 1.29 is 14.2 Å². The minimum Gasteiger partial charge on any atom is -0.493 e. The molecule has 0 radical (unpaired) electrons. The SMILES string of the molecule is NCCc1cc2c(cc1OCC1CCC1)OCO2. The van der Waals surface area contributed by atoms with E-state index in [1.54, 1.807) is 0 Å². The molecule has 2 aliphatic rings. The number of benzene rings is 1. The van der Waals surface area contributed by atoms with Crippen LogP contribution in [-0.4, -0.2) is 19.9 Å². The molecule has 1 fully saturated rings. The fourth-order valence-electron chi connectivity index (χ4n) is 2.32. The van der Waals surface area contributed by atoms with Gasteiger partial charge in [-0.2, -0.15) is 0 Å². The van der Waals surface area contributed by atoms with Crippen molar-refractivity contribution >= 4 is 0 Å². The topological polar surface area (TPSA) is 53.7 Å². The molecule has 1 saturated carbocycles. The van der Waals surface area contributed by atoms with Crippen molar-refractivity contribution in [2.75, 3.05) is 19.9 Å². The second kappa shape index (κ2) is 5.06. The Morgan fingerprint density at radius 3 is 2.67 bits per heavy atom. The highest BCUT2D eigenvalue weighted by Crippen LogP contribution is 2.39. The Morgan fingerprint density at radius 1 is 1.22 bits per heavy atom. The van der Waals surface area contributed by atoms with E-state index in [4.69, 9.17) is 19.9 Å². The van der Waals surface area contributed by atoms with E-state index >= 15 is 0 Å². The standard InChI is InChI=1S/C14H19NO3/c15-5-4-11-6-13-14(18-9-17-13)7-12(11)16-8-10-2-1-3-10/h6-7,10H,1-5,8-9,15H2. The van der Waals surface area contributed by atoms with Crippen LogP contribution in [-0.2, 0) is 6.42 Å². The molecule has 1 aromatic rings. The zero-order chi connectivity index (χ0) is 12.4. The highest BCUT2D eigenvalue weighted by atomic mass is 16.7. The second-order valence-electron chi connectivity index (χ2n) is 4.96. The van der Waals surface area contributed by atoms with E-state index < -0.39 is 0 Å². The Morgan fingerprint density at radius 2 is 2.00 bits per heavy atom. The molecule has 1 aliphatic heterocycles. The molecule has 0 aromatic heterocycles. The predicted molar refractivity (Wildman–Crippen MR) is 68.2 cm³/mol. The minimum atomic E-state index is 0.295. The van der Waals surface area contributed by atoms with Crippen LogP contribution in [0.2, 0.25) is 0 Å². The Balaban J connectivity index is 1.76. The first-order valence-electron chi connectivity index (χ1n) is 6.62. The number of hydrogen-bond donors (Lipinski definition) is 1. The Labute approximate surface area is 107 Å². The smallest absolute Gasteiger partial charge is 0.231 e. The first-order valence-corrected chi connectivity index (χ1v) is 6.62. The van der Waals surface area contributed by atoms with Crippen LogP contribution in [0.3, 0.4) is 0 Å². The first-order chi connectivity index (χ1) is 8.86. The van der Waals surface area contributed by atoms with Gasteiger partial charge in [0.1, 0.15) is 5.75 Å². The molecule has 3 rings (SSSR count). The molecular formula is C14H19NO3. The summed E-state index contributed by atoms with van der Waals surface area (Å²) in [7, 11) is 0. The average molecular weight is 249 g/mol. The maximum absolute atomic E-state index is 5.93. The van der Waals surface area contributed by atoms with E-state index in [0.29, 0.717) is 13.3 Å². The molecule has 0 atom stereocenters. The molecule has 1 heterocycles. The van der Waals surface area contributed by atoms with Gasteiger partial charge in [0.15, 0.2) is 11.5 Å². The fourth-order valence-corrected chi connectivity index (χ4v) is 2.32. The van der Waals surface area contributed by atoms with Crippen molar-refractivity contribution in [3.8, 4) is 17.2 Å². The highest BCUT2D eigenvalue weighted by molar-refractivity contribution is 5.52. The maximum atomic E-state index is 5.93. The maximum Gasteiger partial charge on any atom is 0.231 e. The zero-order valence-corrected chi connectivity index (χ0v) is 10.5. The molecular weight excluding hydrogens is 230 g/mol. The lowest BCUT2D eigenvalue weighted by Crippen LogP contribution is -2.19. The van der Waals surface area contributed by atoms with Gasteiger partial charge in [-0.05, 0) is 43.4 Å². The Kier molecular flexibility index (Phi) is 3.28. The number of hydrogen-bond acceptors (Lipinski definition) is 4. The quantitative estimate of drug-likeness (QED) is 0.868. The van der Waals surface area contributed by atoms with Gasteiger partial charge in [0.2, 0.25) is 6.79 Å². The van der Waals surface area contributed by atoms with Crippen molar-refractivity contribution in [2.45, 2.75) is 25.7 Å². The summed E-state index contributed by atoms with van der Waals surface area (Å²) in [5, 5.41) is 0. The Bertz CT molecular complexity index is 429. The molecule has 0 bridgehead atoms. The van der Waals surface area contributed by atoms with E-state index in [-0.39, 0.29) is 0 Å². The third-order valence-electron chi connectivity index (χ3n) is 3.67. The lowest BCUT2D eigenvalue weighted by atomic mass is 9.86. The van der Waals surface area contributed by atoms with Gasteiger partial charge in [-0.15, -0.1) is 0 Å². The summed E-state index contributed by atoms with van der Waals surface area (Å²) in [6, 6.07) is 3.93. The third-order valence-corrected chi connectivity index (χ3v) is 3.67. The number of fused-ring (bicyclic) bond motifs is 1. The summed E-state index contributed by atoms with van der Waals surface area (Å²) in [4.78, 5) is 0. The minimum absolute atomic E-state index is 0.295. The van der Waals surface area contributed by atoms with E-state index in [9.17, 15) is 0 Å². The van der Waals surface area contributed by atoms with Gasteiger partial charge >= 0.3 is 0 Å². The zero-order valence-electron chi connectivity index (χ0n) is 10.5. The lowest BCUT2D eigenvalue weighted by Gasteiger charge is -2.25. The monoisotopic (exact) mass is 249 g/mol. The molecule has 4 heteroatoms. The van der Waals surface area contributed by atoms with Crippen LogP contribution in [0.4, 0.5) is 0 Å². The summed E-state index contributed by atoms with van der Waals surface area (Å²) >= 11 is 0. The average Bonchev–Trinajstić information content (AvgIpc) is 2.74. The number of rotatable bonds is 5. The van der Waals surface area contributed by atoms with Crippen molar-refractivity contribution in [3.05, 3.63) is 17.7 Å². The molecule has 0 unspecified atom stereocenters. The van der Waals surface area contributed by atoms with Crippen LogP contribution in [0.25, 0.3) is 0 Å². The largest absolute Gasteiger partial charge is 0.493 e. The number of nitrogens with two attached hydrogens (primary N) is 1. The van der Waals surface area contributed by atoms with Crippen LogP contribution in [0.15, 0.2) is 12.1 Å². The van der Waals surface area contributed by atoms with E-state index in [1.807, 2.05) is 12.1 Å². The van der Waals surface area contributed by atoms with Gasteiger partial charge in [0, 0.05) is 6.07 Å². The molecule has 4 nitrogen and oxygen atoms in total. The van der Waals surface area contributed by atoms with E-state index in [1.165, 1.54) is 19.3 Å². The van der Waals surface area contributed by atoms with Crippen molar-refractivity contribution in [1.29, 1.82) is 0 Å². The van der Waals surface area contributed by atoms with Crippen molar-refractivity contribution in [2.24, 2.45) is 11.7 Å². The van der Waals surface area contributed by atoms with Crippen LogP contribution in [0, 0.1) is 5.92 Å². The molecule has 98 valence electrons. The molecule has 1 aliphatic carbocycles. The van der Waals surface area contributed by atoms with Gasteiger partial charge in [0.25, 0.3) is 0 Å². The van der Waals surface area contributed by atoms with Crippen LogP contribution in [0.1, 0.15) is 24.8 Å². The van der Waals surface area contributed by atoms with Crippen LogP contribution < -0.4 is 19.9 Å². The van der Waals surface area contributed by atoms with Crippen LogP contribution >= 0.6 is 0 Å². The molecule has 0 amide bonds. The normalized spacial score (nSPS) is 17.6. The van der Waals surface area contributed by atoms with E-state index in [0.717, 1.165) is 41.8 Å². The first kappa shape index (κ1) is 11.7. The second-order valence-corrected chi connectivity index (χ2v) is 4.96. The predicted octanol–water partition coefficient (Wildman–Crippen LogP) is 2.10. The van der Waals surface area contributed by atoms with Crippen LogP contribution in [0.5, 0.6) is 17.2 Å². The summed E-state index contributed by atoms with van der Waals surface area (Å²) in [5.74, 6) is 3.20. The van der Waals surface area contributed by atoms with Gasteiger partial charge < -0.3 is 19.9 Å². The summed E-state index contributed by atoms with van der Waals surface area (Å²) in [6.45, 7) is 1.71. The molecule has 2 N–H and O–H groups in total.